The van der Waals surface area contributed by atoms with Crippen LogP contribution in [0.2, 0.25) is 0 Å². The Morgan fingerprint density at radius 3 is 1.71 bits per heavy atom. The summed E-state index contributed by atoms with van der Waals surface area (Å²) in [7, 11) is 0. The van der Waals surface area contributed by atoms with Gasteiger partial charge in [-0.15, -0.1) is 0 Å². The third-order valence-electron chi connectivity index (χ3n) is 9.37. The molecule has 10 aromatic rings. The summed E-state index contributed by atoms with van der Waals surface area (Å²) in [6.45, 7) is 0. The van der Waals surface area contributed by atoms with Gasteiger partial charge in [-0.25, -0.2) is 4.98 Å². The predicted molar refractivity (Wildman–Crippen MR) is 189 cm³/mol. The van der Waals surface area contributed by atoms with Crippen molar-refractivity contribution >= 4 is 70.7 Å². The van der Waals surface area contributed by atoms with Crippen molar-refractivity contribution in [1.82, 2.24) is 14.4 Å². The van der Waals surface area contributed by atoms with Crippen LogP contribution in [0.1, 0.15) is 0 Å². The van der Waals surface area contributed by atoms with Crippen LogP contribution in [-0.2, 0) is 0 Å². The maximum absolute atomic E-state index is 5.32. The number of para-hydroxylation sites is 1. The molecule has 0 radical (unpaired) electrons. The fraction of sp³-hybridized carbons (Fsp3) is 0. The number of hydrogen-bond acceptors (Lipinski definition) is 2. The fourth-order valence-corrected chi connectivity index (χ4v) is 7.43. The average molecular weight is 572 g/mol. The number of fused-ring (bicyclic) bond motifs is 14. The van der Waals surface area contributed by atoms with Crippen LogP contribution in [0.25, 0.3) is 93.1 Å². The molecule has 0 unspecified atom stereocenters. The SMILES string of the molecule is c1ccc(-c2c3ccc(-c4cnc5c6ccccc6c6ccccc6c5n4)cc3n3c4ccccc4c4ccccc4c23)cc1. The van der Waals surface area contributed by atoms with Gasteiger partial charge in [0.25, 0.3) is 0 Å². The zero-order chi connectivity index (χ0) is 29.5. The maximum atomic E-state index is 5.32. The number of hydrogen-bond donors (Lipinski definition) is 0. The molecule has 0 N–H and O–H groups in total. The molecule has 3 heteroatoms. The van der Waals surface area contributed by atoms with E-state index in [1.807, 2.05) is 6.20 Å². The molecule has 0 atom stereocenters. The van der Waals surface area contributed by atoms with Gasteiger partial charge in [-0.05, 0) is 33.9 Å². The molecule has 3 heterocycles. The molecule has 0 spiro atoms. The molecule has 0 fully saturated rings. The highest BCUT2D eigenvalue weighted by atomic mass is 14.9. The van der Waals surface area contributed by atoms with E-state index in [4.69, 9.17) is 9.97 Å². The van der Waals surface area contributed by atoms with Crippen LogP contribution < -0.4 is 0 Å². The van der Waals surface area contributed by atoms with E-state index in [1.165, 1.54) is 54.5 Å². The second kappa shape index (κ2) is 9.22. The summed E-state index contributed by atoms with van der Waals surface area (Å²) in [5, 5.41) is 9.63. The summed E-state index contributed by atoms with van der Waals surface area (Å²) >= 11 is 0. The van der Waals surface area contributed by atoms with E-state index in [0.717, 1.165) is 38.6 Å². The highest BCUT2D eigenvalue weighted by Gasteiger charge is 2.20. The van der Waals surface area contributed by atoms with Gasteiger partial charge in [0.2, 0.25) is 0 Å². The minimum atomic E-state index is 0.867. The standard InChI is InChI=1S/C42H25N3/c1-2-12-26(13-3-1)39-35-23-22-27(24-38(35)45-37-21-11-10-17-31(37)30-16-6-9-20-34(30)42(39)45)36-25-43-40-32-18-7-4-14-28(32)29-15-5-8-19-33(29)41(40)44-36/h1-25H. The van der Waals surface area contributed by atoms with Crippen LogP contribution in [-0.4, -0.2) is 14.4 Å². The third kappa shape index (κ3) is 3.41. The van der Waals surface area contributed by atoms with Crippen LogP contribution in [0, 0.1) is 0 Å². The second-order valence-electron chi connectivity index (χ2n) is 11.8. The lowest BCUT2D eigenvalue weighted by atomic mass is 9.98. The van der Waals surface area contributed by atoms with E-state index >= 15 is 0 Å². The van der Waals surface area contributed by atoms with Gasteiger partial charge in [0.1, 0.15) is 0 Å². The Kier molecular flexibility index (Phi) is 5.00. The molecule has 0 saturated heterocycles. The molecule has 3 aromatic heterocycles. The molecule has 10 rings (SSSR count). The summed E-state index contributed by atoms with van der Waals surface area (Å²) in [5.41, 5.74) is 9.82. The minimum Gasteiger partial charge on any atom is -0.308 e. The average Bonchev–Trinajstić information content (AvgIpc) is 3.47. The predicted octanol–water partition coefficient (Wildman–Crippen LogP) is 11.0. The van der Waals surface area contributed by atoms with E-state index in [-0.39, 0.29) is 0 Å². The van der Waals surface area contributed by atoms with Crippen molar-refractivity contribution in [3.8, 4) is 22.4 Å². The summed E-state index contributed by atoms with van der Waals surface area (Å²) in [4.78, 5) is 10.4. The topological polar surface area (TPSA) is 30.2 Å². The quantitative estimate of drug-likeness (QED) is 0.193. The molecule has 0 aliphatic heterocycles. The van der Waals surface area contributed by atoms with Gasteiger partial charge in [0, 0.05) is 38.1 Å². The molecule has 0 amide bonds. The van der Waals surface area contributed by atoms with E-state index in [2.05, 4.69) is 150 Å². The first kappa shape index (κ1) is 24.4. The normalized spacial score (nSPS) is 12.0. The number of benzene rings is 7. The third-order valence-corrected chi connectivity index (χ3v) is 9.37. The first-order valence-corrected chi connectivity index (χ1v) is 15.3. The first-order valence-electron chi connectivity index (χ1n) is 15.3. The van der Waals surface area contributed by atoms with Crippen LogP contribution >= 0.6 is 0 Å². The molecule has 3 nitrogen and oxygen atoms in total. The monoisotopic (exact) mass is 571 g/mol. The van der Waals surface area contributed by atoms with Crippen LogP contribution in [0.3, 0.4) is 0 Å². The van der Waals surface area contributed by atoms with E-state index < -0.39 is 0 Å². The smallest absolute Gasteiger partial charge is 0.0979 e. The highest BCUT2D eigenvalue weighted by molar-refractivity contribution is 6.24. The number of pyridine rings is 1. The van der Waals surface area contributed by atoms with Crippen molar-refractivity contribution in [2.45, 2.75) is 0 Å². The van der Waals surface area contributed by atoms with Crippen LogP contribution in [0.15, 0.2) is 152 Å². The Balaban J connectivity index is 1.33. The fourth-order valence-electron chi connectivity index (χ4n) is 7.43. The van der Waals surface area contributed by atoms with Crippen molar-refractivity contribution in [1.29, 1.82) is 0 Å². The lowest BCUT2D eigenvalue weighted by Gasteiger charge is -2.12. The zero-order valence-electron chi connectivity index (χ0n) is 24.3. The van der Waals surface area contributed by atoms with Crippen LogP contribution in [0.4, 0.5) is 0 Å². The molecule has 208 valence electrons. The van der Waals surface area contributed by atoms with Crippen molar-refractivity contribution in [2.24, 2.45) is 0 Å². The van der Waals surface area contributed by atoms with Crippen LogP contribution in [0.5, 0.6) is 0 Å². The number of nitrogens with zero attached hydrogens (tertiary/aromatic N) is 3. The Labute approximate surface area is 258 Å². The summed E-state index contributed by atoms with van der Waals surface area (Å²) in [6.07, 6.45) is 1.94. The minimum absolute atomic E-state index is 0.867. The molecular weight excluding hydrogens is 546 g/mol. The Morgan fingerprint density at radius 1 is 0.400 bits per heavy atom. The highest BCUT2D eigenvalue weighted by Crippen LogP contribution is 2.43. The van der Waals surface area contributed by atoms with E-state index in [9.17, 15) is 0 Å². The molecule has 7 aromatic carbocycles. The molecule has 0 saturated carbocycles. The maximum Gasteiger partial charge on any atom is 0.0979 e. The molecule has 0 bridgehead atoms. The summed E-state index contributed by atoms with van der Waals surface area (Å²) < 4.78 is 2.45. The van der Waals surface area contributed by atoms with Gasteiger partial charge < -0.3 is 4.40 Å². The number of rotatable bonds is 2. The summed E-state index contributed by atoms with van der Waals surface area (Å²) in [6, 6.07) is 52.1. The second-order valence-corrected chi connectivity index (χ2v) is 11.8. The molecule has 45 heavy (non-hydrogen) atoms. The van der Waals surface area contributed by atoms with Gasteiger partial charge >= 0.3 is 0 Å². The number of aromatic nitrogens is 3. The van der Waals surface area contributed by atoms with Crippen molar-refractivity contribution < 1.29 is 0 Å². The van der Waals surface area contributed by atoms with Crippen molar-refractivity contribution in [3.05, 3.63) is 152 Å². The molecular formula is C42H25N3. The van der Waals surface area contributed by atoms with Gasteiger partial charge in [-0.1, -0.05) is 133 Å². The van der Waals surface area contributed by atoms with Gasteiger partial charge in [0.15, 0.2) is 0 Å². The van der Waals surface area contributed by atoms with Gasteiger partial charge in [0.05, 0.1) is 39.5 Å². The molecule has 0 aliphatic rings. The van der Waals surface area contributed by atoms with E-state index in [0.29, 0.717) is 0 Å². The lowest BCUT2D eigenvalue weighted by molar-refractivity contribution is 1.30. The van der Waals surface area contributed by atoms with Gasteiger partial charge in [-0.3, -0.25) is 4.98 Å². The Morgan fingerprint density at radius 2 is 0.978 bits per heavy atom. The summed E-state index contributed by atoms with van der Waals surface area (Å²) in [5.74, 6) is 0. The molecule has 0 aliphatic carbocycles. The Bertz CT molecular complexity index is 2780. The zero-order valence-corrected chi connectivity index (χ0v) is 24.3. The van der Waals surface area contributed by atoms with Crippen molar-refractivity contribution in [3.63, 3.8) is 0 Å². The largest absolute Gasteiger partial charge is 0.308 e. The van der Waals surface area contributed by atoms with Gasteiger partial charge in [-0.2, -0.15) is 0 Å². The first-order chi connectivity index (χ1) is 22.3. The Hall–Kier alpha value is -6.06. The lowest BCUT2D eigenvalue weighted by Crippen LogP contribution is -1.93. The van der Waals surface area contributed by atoms with E-state index in [1.54, 1.807) is 0 Å². The van der Waals surface area contributed by atoms with Crippen molar-refractivity contribution in [2.75, 3.05) is 0 Å².